The molecule has 0 radical (unpaired) electrons. The predicted octanol–water partition coefficient (Wildman–Crippen LogP) is 2.73. The second kappa shape index (κ2) is 5.31. The number of benzene rings is 1. The zero-order valence-electron chi connectivity index (χ0n) is 10.9. The lowest BCUT2D eigenvalue weighted by atomic mass is 10.1. The molecule has 0 bridgehead atoms. The Hall–Kier alpha value is -1.39. The predicted molar refractivity (Wildman–Crippen MR) is 75.0 cm³/mol. The van der Waals surface area contributed by atoms with Gasteiger partial charge in [0, 0.05) is 17.6 Å². The van der Waals surface area contributed by atoms with Gasteiger partial charge >= 0.3 is 0 Å². The number of hydrogen-bond acceptors (Lipinski definition) is 3. The third-order valence-corrected chi connectivity index (χ3v) is 3.96. The molecule has 1 atom stereocenters. The van der Waals surface area contributed by atoms with Gasteiger partial charge in [-0.15, -0.1) is 10.2 Å². The van der Waals surface area contributed by atoms with Crippen LogP contribution < -0.4 is 5.32 Å². The molecule has 0 saturated carbocycles. The Morgan fingerprint density at radius 3 is 3.21 bits per heavy atom. The highest BCUT2D eigenvalue weighted by Gasteiger charge is 2.22. The van der Waals surface area contributed by atoms with E-state index < -0.39 is 0 Å². The van der Waals surface area contributed by atoms with Crippen molar-refractivity contribution in [3.05, 3.63) is 46.5 Å². The molecule has 100 valence electrons. The minimum Gasteiger partial charge on any atom is -0.317 e. The first-order valence-electron chi connectivity index (χ1n) is 6.66. The second-order valence-corrected chi connectivity index (χ2v) is 5.28. The van der Waals surface area contributed by atoms with E-state index in [2.05, 4.69) is 39.1 Å². The van der Waals surface area contributed by atoms with E-state index in [1.165, 1.54) is 11.1 Å². The van der Waals surface area contributed by atoms with E-state index in [0.717, 1.165) is 36.8 Å². The van der Waals surface area contributed by atoms with Crippen LogP contribution in [-0.4, -0.2) is 14.8 Å². The van der Waals surface area contributed by atoms with Crippen molar-refractivity contribution in [3.8, 4) is 0 Å². The Labute approximate surface area is 117 Å². The summed E-state index contributed by atoms with van der Waals surface area (Å²) in [6.45, 7) is 3.75. The molecule has 1 aromatic carbocycles. The highest BCUT2D eigenvalue weighted by molar-refractivity contribution is 6.30. The maximum absolute atomic E-state index is 6.03. The van der Waals surface area contributed by atoms with E-state index >= 15 is 0 Å². The van der Waals surface area contributed by atoms with Crippen molar-refractivity contribution in [2.24, 2.45) is 0 Å². The molecule has 2 aromatic rings. The van der Waals surface area contributed by atoms with Crippen LogP contribution >= 0.6 is 11.6 Å². The molecular formula is C14H17ClN4. The average Bonchev–Trinajstić information content (AvgIpc) is 3.01. The van der Waals surface area contributed by atoms with Crippen molar-refractivity contribution >= 4 is 11.6 Å². The summed E-state index contributed by atoms with van der Waals surface area (Å²) in [5, 5.41) is 12.5. The summed E-state index contributed by atoms with van der Waals surface area (Å²) in [5.74, 6) is 0.991. The molecule has 1 aliphatic rings. The third kappa shape index (κ3) is 2.51. The van der Waals surface area contributed by atoms with Crippen LogP contribution in [0.25, 0.3) is 0 Å². The average molecular weight is 277 g/mol. The van der Waals surface area contributed by atoms with E-state index in [1.807, 2.05) is 6.07 Å². The van der Waals surface area contributed by atoms with Gasteiger partial charge in [0.15, 0.2) is 0 Å². The molecule has 1 heterocycles. The van der Waals surface area contributed by atoms with Crippen molar-refractivity contribution < 1.29 is 0 Å². The van der Waals surface area contributed by atoms with Crippen LogP contribution in [0.1, 0.15) is 36.3 Å². The van der Waals surface area contributed by atoms with Gasteiger partial charge in [0.2, 0.25) is 0 Å². The normalized spacial score (nSPS) is 17.7. The first kappa shape index (κ1) is 12.6. The molecule has 19 heavy (non-hydrogen) atoms. The number of hydrogen-bond donors (Lipinski definition) is 1. The fourth-order valence-corrected chi connectivity index (χ4v) is 2.89. The molecule has 0 spiro atoms. The molecule has 0 saturated heterocycles. The molecule has 1 unspecified atom stereocenters. The summed E-state index contributed by atoms with van der Waals surface area (Å²) in [4.78, 5) is 0. The van der Waals surface area contributed by atoms with Gasteiger partial charge in [0.05, 0.1) is 6.54 Å². The van der Waals surface area contributed by atoms with E-state index in [-0.39, 0.29) is 0 Å². The van der Waals surface area contributed by atoms with Crippen LogP contribution in [0.4, 0.5) is 0 Å². The zero-order valence-corrected chi connectivity index (χ0v) is 11.7. The summed E-state index contributed by atoms with van der Waals surface area (Å²) < 4.78 is 2.06. The third-order valence-electron chi connectivity index (χ3n) is 3.73. The van der Waals surface area contributed by atoms with Crippen LogP contribution in [0.3, 0.4) is 0 Å². The van der Waals surface area contributed by atoms with Gasteiger partial charge in [-0.2, -0.15) is 0 Å². The van der Waals surface area contributed by atoms with Crippen molar-refractivity contribution in [1.82, 2.24) is 20.1 Å². The molecular weight excluding hydrogens is 260 g/mol. The molecule has 0 aliphatic heterocycles. The minimum atomic E-state index is 0.397. The maximum Gasteiger partial charge on any atom is 0.146 e. The van der Waals surface area contributed by atoms with Crippen LogP contribution in [0, 0.1) is 0 Å². The lowest BCUT2D eigenvalue weighted by molar-refractivity contribution is 0.506. The topological polar surface area (TPSA) is 42.7 Å². The number of aryl methyl sites for hydroxylation is 2. The smallest absolute Gasteiger partial charge is 0.146 e. The fraction of sp³-hybridized carbons (Fsp3) is 0.429. The van der Waals surface area contributed by atoms with Crippen LogP contribution in [0.5, 0.6) is 0 Å². The SMILES string of the molecule is CCn1cnnc1CNC1CCc2cc(Cl)ccc21. The van der Waals surface area contributed by atoms with Crippen LogP contribution in [0.15, 0.2) is 24.5 Å². The number of fused-ring (bicyclic) bond motifs is 1. The van der Waals surface area contributed by atoms with Gasteiger partial charge < -0.3 is 9.88 Å². The monoisotopic (exact) mass is 276 g/mol. The summed E-state index contributed by atoms with van der Waals surface area (Å²) in [6.07, 6.45) is 3.99. The quantitative estimate of drug-likeness (QED) is 0.934. The van der Waals surface area contributed by atoms with Crippen molar-refractivity contribution in [1.29, 1.82) is 0 Å². The summed E-state index contributed by atoms with van der Waals surface area (Å²) in [5.41, 5.74) is 2.73. The molecule has 5 heteroatoms. The Balaban J connectivity index is 1.70. The highest BCUT2D eigenvalue weighted by Crippen LogP contribution is 2.32. The van der Waals surface area contributed by atoms with Gasteiger partial charge in [-0.1, -0.05) is 17.7 Å². The van der Waals surface area contributed by atoms with E-state index in [0.29, 0.717) is 6.04 Å². The Morgan fingerprint density at radius 2 is 2.37 bits per heavy atom. The molecule has 1 aliphatic carbocycles. The second-order valence-electron chi connectivity index (χ2n) is 4.85. The van der Waals surface area contributed by atoms with E-state index in [9.17, 15) is 0 Å². The Bertz CT molecular complexity index is 579. The van der Waals surface area contributed by atoms with Crippen LogP contribution in [0.2, 0.25) is 5.02 Å². The first-order valence-corrected chi connectivity index (χ1v) is 7.04. The molecule has 4 nitrogen and oxygen atoms in total. The number of halogens is 1. The number of rotatable bonds is 4. The van der Waals surface area contributed by atoms with Crippen molar-refractivity contribution in [3.63, 3.8) is 0 Å². The van der Waals surface area contributed by atoms with Gasteiger partial charge in [0.25, 0.3) is 0 Å². The van der Waals surface area contributed by atoms with Gasteiger partial charge in [0.1, 0.15) is 12.2 Å². The van der Waals surface area contributed by atoms with Gasteiger partial charge in [-0.25, -0.2) is 0 Å². The molecule has 1 aromatic heterocycles. The Kier molecular flexibility index (Phi) is 3.53. The molecule has 0 fully saturated rings. The van der Waals surface area contributed by atoms with Crippen molar-refractivity contribution in [2.75, 3.05) is 0 Å². The number of nitrogens with one attached hydrogen (secondary N) is 1. The van der Waals surface area contributed by atoms with E-state index in [4.69, 9.17) is 11.6 Å². The first-order chi connectivity index (χ1) is 9.28. The molecule has 0 amide bonds. The van der Waals surface area contributed by atoms with Crippen molar-refractivity contribution in [2.45, 2.75) is 38.9 Å². The molecule has 3 rings (SSSR count). The number of aromatic nitrogens is 3. The lowest BCUT2D eigenvalue weighted by Gasteiger charge is -2.14. The van der Waals surface area contributed by atoms with Gasteiger partial charge in [-0.05, 0) is 43.0 Å². The largest absolute Gasteiger partial charge is 0.317 e. The van der Waals surface area contributed by atoms with E-state index in [1.54, 1.807) is 6.33 Å². The highest BCUT2D eigenvalue weighted by atomic mass is 35.5. The lowest BCUT2D eigenvalue weighted by Crippen LogP contribution is -2.21. The number of nitrogens with zero attached hydrogens (tertiary/aromatic N) is 3. The zero-order chi connectivity index (χ0) is 13.2. The standard InChI is InChI=1S/C14H17ClN4/c1-2-19-9-17-18-14(19)8-16-13-6-3-10-7-11(15)4-5-12(10)13/h4-5,7,9,13,16H,2-3,6,8H2,1H3. The van der Waals surface area contributed by atoms with Crippen LogP contribution in [-0.2, 0) is 19.5 Å². The summed E-state index contributed by atoms with van der Waals surface area (Å²) >= 11 is 6.03. The maximum atomic E-state index is 6.03. The summed E-state index contributed by atoms with van der Waals surface area (Å²) in [6, 6.07) is 6.57. The fourth-order valence-electron chi connectivity index (χ4n) is 2.69. The molecule has 1 N–H and O–H groups in total. The Morgan fingerprint density at radius 1 is 1.47 bits per heavy atom. The minimum absolute atomic E-state index is 0.397. The summed E-state index contributed by atoms with van der Waals surface area (Å²) in [7, 11) is 0. The van der Waals surface area contributed by atoms with Gasteiger partial charge in [-0.3, -0.25) is 0 Å².